The van der Waals surface area contributed by atoms with Crippen LogP contribution in [0.4, 0.5) is 23.7 Å². The average molecular weight is 549 g/mol. The zero-order chi connectivity index (χ0) is 28.2. The molecule has 0 bridgehead atoms. The first-order valence-electron chi connectivity index (χ1n) is 11.0. The van der Waals surface area contributed by atoms with Gasteiger partial charge in [0.1, 0.15) is 23.5 Å². The molecule has 1 atom stereocenters. The normalized spacial score (nSPS) is 11.9. The SMILES string of the molecule is Cc1ccccc1S(=O)(=O)NC(=O)NC(Cc1cc(F)cc(F)c1)C(=O)N(C)c1ccc(F)c(C(N)=O)c1. The van der Waals surface area contributed by atoms with Gasteiger partial charge in [0.2, 0.25) is 5.91 Å². The van der Waals surface area contributed by atoms with Crippen molar-refractivity contribution in [3.63, 3.8) is 0 Å². The number of hydrogen-bond donors (Lipinski definition) is 3. The van der Waals surface area contributed by atoms with E-state index in [0.29, 0.717) is 11.6 Å². The van der Waals surface area contributed by atoms with E-state index in [1.165, 1.54) is 38.2 Å². The maximum atomic E-state index is 13.9. The van der Waals surface area contributed by atoms with E-state index in [-0.39, 0.29) is 16.1 Å². The fraction of sp³-hybridized carbons (Fsp3) is 0.160. The highest BCUT2D eigenvalue weighted by Crippen LogP contribution is 2.20. The van der Waals surface area contributed by atoms with E-state index in [1.54, 1.807) is 6.07 Å². The third kappa shape index (κ3) is 6.68. The summed E-state index contributed by atoms with van der Waals surface area (Å²) in [6.07, 6.45) is -0.445. The van der Waals surface area contributed by atoms with E-state index < -0.39 is 63.3 Å². The summed E-state index contributed by atoms with van der Waals surface area (Å²) in [5, 5.41) is 2.22. The second-order valence-corrected chi connectivity index (χ2v) is 9.96. The Morgan fingerprint density at radius 1 is 0.974 bits per heavy atom. The lowest BCUT2D eigenvalue weighted by molar-refractivity contribution is -0.120. The van der Waals surface area contributed by atoms with Crippen LogP contribution in [0.2, 0.25) is 0 Å². The van der Waals surface area contributed by atoms with Gasteiger partial charge in [-0.2, -0.15) is 0 Å². The van der Waals surface area contributed by atoms with Gasteiger partial charge in [-0.1, -0.05) is 18.2 Å². The van der Waals surface area contributed by atoms with Crippen LogP contribution in [0.15, 0.2) is 65.6 Å². The molecule has 0 heterocycles. The lowest BCUT2D eigenvalue weighted by Crippen LogP contribution is -2.52. The molecule has 3 rings (SSSR count). The van der Waals surface area contributed by atoms with Crippen molar-refractivity contribution >= 4 is 33.6 Å². The number of nitrogens with two attached hydrogens (primary N) is 1. The number of sulfonamides is 1. The summed E-state index contributed by atoms with van der Waals surface area (Å²) in [7, 11) is -3.10. The van der Waals surface area contributed by atoms with Crippen molar-refractivity contribution in [3.8, 4) is 0 Å². The van der Waals surface area contributed by atoms with Gasteiger partial charge in [0.05, 0.1) is 10.5 Å². The molecule has 0 aromatic heterocycles. The number of rotatable bonds is 8. The van der Waals surface area contributed by atoms with Crippen molar-refractivity contribution in [1.29, 1.82) is 0 Å². The Kier molecular flexibility index (Phi) is 8.41. The van der Waals surface area contributed by atoms with Crippen LogP contribution in [0.5, 0.6) is 0 Å². The van der Waals surface area contributed by atoms with Crippen LogP contribution in [-0.2, 0) is 21.2 Å². The number of halogens is 3. The third-order valence-corrected chi connectivity index (χ3v) is 7.00. The summed E-state index contributed by atoms with van der Waals surface area (Å²) < 4.78 is 68.7. The molecule has 200 valence electrons. The molecular weight excluding hydrogens is 525 g/mol. The predicted octanol–water partition coefficient (Wildman–Crippen LogP) is 2.77. The molecule has 0 fully saturated rings. The zero-order valence-corrected chi connectivity index (χ0v) is 21.0. The van der Waals surface area contributed by atoms with E-state index in [1.807, 2.05) is 4.72 Å². The fourth-order valence-corrected chi connectivity index (χ4v) is 4.82. The molecule has 9 nitrogen and oxygen atoms in total. The van der Waals surface area contributed by atoms with Gasteiger partial charge in [-0.3, -0.25) is 9.59 Å². The summed E-state index contributed by atoms with van der Waals surface area (Å²) in [6, 6.07) is 8.63. The van der Waals surface area contributed by atoms with Crippen LogP contribution in [-0.4, -0.2) is 39.4 Å². The van der Waals surface area contributed by atoms with Gasteiger partial charge in [0.25, 0.3) is 15.9 Å². The van der Waals surface area contributed by atoms with Gasteiger partial charge in [0, 0.05) is 25.2 Å². The Morgan fingerprint density at radius 2 is 1.61 bits per heavy atom. The van der Waals surface area contributed by atoms with Crippen molar-refractivity contribution < 1.29 is 36.0 Å². The number of hydrogen-bond acceptors (Lipinski definition) is 5. The number of amides is 4. The number of benzene rings is 3. The van der Waals surface area contributed by atoms with Crippen LogP contribution < -0.4 is 20.7 Å². The van der Waals surface area contributed by atoms with Crippen molar-refractivity contribution in [1.82, 2.24) is 10.0 Å². The van der Waals surface area contributed by atoms with Crippen molar-refractivity contribution in [3.05, 3.63) is 94.8 Å². The summed E-state index contributed by atoms with van der Waals surface area (Å²) in [5.41, 5.74) is 5.01. The monoisotopic (exact) mass is 548 g/mol. The van der Waals surface area contributed by atoms with E-state index in [2.05, 4.69) is 5.32 Å². The number of aryl methyl sites for hydroxylation is 1. The summed E-state index contributed by atoms with van der Waals surface area (Å²) in [4.78, 5) is 38.3. The molecule has 3 aromatic carbocycles. The molecule has 0 aliphatic heterocycles. The first kappa shape index (κ1) is 28.2. The molecule has 0 spiro atoms. The summed E-state index contributed by atoms with van der Waals surface area (Å²) >= 11 is 0. The maximum absolute atomic E-state index is 13.9. The van der Waals surface area contributed by atoms with E-state index in [4.69, 9.17) is 5.73 Å². The van der Waals surface area contributed by atoms with Crippen LogP contribution in [0, 0.1) is 24.4 Å². The number of carbonyl (C=O) groups is 3. The zero-order valence-electron chi connectivity index (χ0n) is 20.2. The van der Waals surface area contributed by atoms with Crippen LogP contribution >= 0.6 is 0 Å². The molecule has 4 N–H and O–H groups in total. The first-order valence-corrected chi connectivity index (χ1v) is 12.5. The first-order chi connectivity index (χ1) is 17.8. The van der Waals surface area contributed by atoms with Gasteiger partial charge < -0.3 is 16.0 Å². The minimum atomic E-state index is -4.34. The highest BCUT2D eigenvalue weighted by molar-refractivity contribution is 7.90. The molecule has 0 saturated carbocycles. The highest BCUT2D eigenvalue weighted by atomic mass is 32.2. The molecule has 0 radical (unpaired) electrons. The van der Waals surface area contributed by atoms with E-state index >= 15 is 0 Å². The molecule has 0 aliphatic rings. The van der Waals surface area contributed by atoms with Crippen LogP contribution in [0.25, 0.3) is 0 Å². The number of nitrogens with one attached hydrogen (secondary N) is 2. The molecule has 0 saturated heterocycles. The van der Waals surface area contributed by atoms with E-state index in [0.717, 1.165) is 29.2 Å². The Bertz CT molecular complexity index is 1490. The van der Waals surface area contributed by atoms with Gasteiger partial charge in [0.15, 0.2) is 0 Å². The van der Waals surface area contributed by atoms with Crippen molar-refractivity contribution in [2.24, 2.45) is 5.73 Å². The molecule has 0 aliphatic carbocycles. The third-order valence-electron chi connectivity index (χ3n) is 5.51. The van der Waals surface area contributed by atoms with Gasteiger partial charge in [-0.15, -0.1) is 0 Å². The smallest absolute Gasteiger partial charge is 0.329 e. The number of nitrogens with zero attached hydrogens (tertiary/aromatic N) is 1. The molecule has 1 unspecified atom stereocenters. The minimum Gasteiger partial charge on any atom is -0.366 e. The lowest BCUT2D eigenvalue weighted by atomic mass is 10.0. The number of carbonyl (C=O) groups excluding carboxylic acids is 3. The largest absolute Gasteiger partial charge is 0.366 e. The van der Waals surface area contributed by atoms with Crippen LogP contribution in [0.1, 0.15) is 21.5 Å². The molecular formula is C25H23F3N4O5S. The topological polar surface area (TPSA) is 139 Å². The number of anilines is 1. The Hall–Kier alpha value is -4.39. The molecule has 4 amide bonds. The number of likely N-dealkylation sites (N-methyl/N-ethyl adjacent to an activating group) is 1. The standard InChI is InChI=1S/C25H23F3N4O5S/c1-14-5-3-4-6-22(14)38(36,37)31-25(35)30-21(11-15-9-16(26)12-17(27)10-15)24(34)32(2)18-7-8-20(28)19(13-18)23(29)33/h3-10,12-13,21H,11H2,1-2H3,(H2,29,33)(H2,30,31,35). The Labute approximate surface area is 216 Å². The van der Waals surface area contributed by atoms with Gasteiger partial charge >= 0.3 is 6.03 Å². The van der Waals surface area contributed by atoms with Crippen LogP contribution in [0.3, 0.4) is 0 Å². The number of urea groups is 1. The number of primary amides is 1. The van der Waals surface area contributed by atoms with Gasteiger partial charge in [-0.25, -0.2) is 31.1 Å². The summed E-state index contributed by atoms with van der Waals surface area (Å²) in [5.74, 6) is -4.75. The highest BCUT2D eigenvalue weighted by Gasteiger charge is 2.28. The Balaban J connectivity index is 1.92. The van der Waals surface area contributed by atoms with Crippen molar-refractivity contribution in [2.75, 3.05) is 11.9 Å². The van der Waals surface area contributed by atoms with Gasteiger partial charge in [-0.05, 0) is 54.4 Å². The van der Waals surface area contributed by atoms with E-state index in [9.17, 15) is 36.0 Å². The average Bonchev–Trinajstić information content (AvgIpc) is 2.82. The fourth-order valence-electron chi connectivity index (χ4n) is 3.66. The minimum absolute atomic E-state index is 0.00960. The second kappa shape index (κ2) is 11.3. The molecule has 3 aromatic rings. The molecule has 38 heavy (non-hydrogen) atoms. The van der Waals surface area contributed by atoms with Crippen molar-refractivity contribution in [2.45, 2.75) is 24.3 Å². The Morgan fingerprint density at radius 3 is 2.21 bits per heavy atom. The maximum Gasteiger partial charge on any atom is 0.329 e. The summed E-state index contributed by atoms with van der Waals surface area (Å²) in [6.45, 7) is 1.52. The lowest BCUT2D eigenvalue weighted by Gasteiger charge is -2.25. The predicted molar refractivity (Wildman–Crippen MR) is 132 cm³/mol. The quantitative estimate of drug-likeness (QED) is 0.397. The molecule has 13 heteroatoms. The second-order valence-electron chi connectivity index (χ2n) is 8.30.